The standard InChI is InChI=1S/C25H26FN3O4/c1-15-9-11-18(12-10-15)29-24(31)23-22(19-7-2-3-8-20(19)33-23)28(25(29)32)14-21(30)27-17-6-4-5-16(26)13-17/h4-6,9-13,19-20,22-23H,2-3,7-8,14H2,1H3,(H,27,30). The Morgan fingerprint density at radius 2 is 1.88 bits per heavy atom. The summed E-state index contributed by atoms with van der Waals surface area (Å²) in [5, 5.41) is 2.66. The number of ether oxygens (including phenoxy) is 1. The average Bonchev–Trinajstić information content (AvgIpc) is 3.18. The van der Waals surface area contributed by atoms with Crippen LogP contribution in [0.1, 0.15) is 31.2 Å². The van der Waals surface area contributed by atoms with Crippen molar-refractivity contribution in [1.82, 2.24) is 4.90 Å². The molecule has 0 radical (unpaired) electrons. The van der Waals surface area contributed by atoms with Crippen molar-refractivity contribution in [3.05, 3.63) is 59.9 Å². The third kappa shape index (κ3) is 3.99. The lowest BCUT2D eigenvalue weighted by molar-refractivity contribution is -0.133. The summed E-state index contributed by atoms with van der Waals surface area (Å²) in [5.41, 5.74) is 1.76. The lowest BCUT2D eigenvalue weighted by Crippen LogP contribution is -2.65. The number of hydrogen-bond acceptors (Lipinski definition) is 4. The summed E-state index contributed by atoms with van der Waals surface area (Å²) in [6, 6.07) is 11.7. The number of carbonyl (C=O) groups excluding carboxylic acids is 3. The minimum Gasteiger partial charge on any atom is -0.363 e. The van der Waals surface area contributed by atoms with Crippen LogP contribution in [0, 0.1) is 18.7 Å². The Morgan fingerprint density at radius 1 is 1.12 bits per heavy atom. The Morgan fingerprint density at radius 3 is 2.64 bits per heavy atom. The molecule has 4 amide bonds. The van der Waals surface area contributed by atoms with Gasteiger partial charge in [0.2, 0.25) is 5.91 Å². The fourth-order valence-electron chi connectivity index (χ4n) is 5.28. The van der Waals surface area contributed by atoms with Crippen molar-refractivity contribution < 1.29 is 23.5 Å². The van der Waals surface area contributed by atoms with Gasteiger partial charge in [-0.3, -0.25) is 9.59 Å². The van der Waals surface area contributed by atoms with E-state index in [4.69, 9.17) is 4.74 Å². The number of halogens is 1. The number of amides is 4. The molecule has 0 spiro atoms. The highest BCUT2D eigenvalue weighted by Crippen LogP contribution is 2.43. The van der Waals surface area contributed by atoms with E-state index in [9.17, 15) is 18.8 Å². The summed E-state index contributed by atoms with van der Waals surface area (Å²) in [4.78, 5) is 42.5. The van der Waals surface area contributed by atoms with Crippen LogP contribution in [0.4, 0.5) is 20.6 Å². The van der Waals surface area contributed by atoms with E-state index in [2.05, 4.69) is 5.32 Å². The first-order valence-electron chi connectivity index (χ1n) is 11.3. The molecule has 3 aliphatic rings. The molecule has 2 saturated heterocycles. The van der Waals surface area contributed by atoms with Crippen LogP contribution in [0.5, 0.6) is 0 Å². The number of urea groups is 1. The molecular formula is C25H26FN3O4. The zero-order valence-electron chi connectivity index (χ0n) is 18.4. The molecule has 0 aromatic heterocycles. The van der Waals surface area contributed by atoms with Crippen molar-refractivity contribution in [3.8, 4) is 0 Å². The van der Waals surface area contributed by atoms with Gasteiger partial charge in [-0.25, -0.2) is 14.1 Å². The third-order valence-corrected chi connectivity index (χ3v) is 6.80. The van der Waals surface area contributed by atoms with E-state index in [0.717, 1.165) is 36.1 Å². The predicted molar refractivity (Wildman–Crippen MR) is 120 cm³/mol. The molecule has 0 bridgehead atoms. The maximum Gasteiger partial charge on any atom is 0.332 e. The molecule has 3 fully saturated rings. The summed E-state index contributed by atoms with van der Waals surface area (Å²) in [5.74, 6) is -1.29. The largest absolute Gasteiger partial charge is 0.363 e. The van der Waals surface area contributed by atoms with Gasteiger partial charge in [-0.15, -0.1) is 0 Å². The Labute approximate surface area is 191 Å². The van der Waals surface area contributed by atoms with Gasteiger partial charge >= 0.3 is 6.03 Å². The number of imide groups is 1. The number of nitrogens with one attached hydrogen (secondary N) is 1. The van der Waals surface area contributed by atoms with Crippen LogP contribution in [0.15, 0.2) is 48.5 Å². The van der Waals surface area contributed by atoms with E-state index in [0.29, 0.717) is 11.4 Å². The monoisotopic (exact) mass is 451 g/mol. The van der Waals surface area contributed by atoms with Crippen LogP contribution in [-0.2, 0) is 14.3 Å². The summed E-state index contributed by atoms with van der Waals surface area (Å²) in [6.45, 7) is 1.67. The molecule has 2 aromatic rings. The molecule has 7 nitrogen and oxygen atoms in total. The first-order valence-corrected chi connectivity index (χ1v) is 11.3. The molecule has 4 unspecified atom stereocenters. The van der Waals surface area contributed by atoms with Crippen molar-refractivity contribution in [2.45, 2.75) is 50.9 Å². The van der Waals surface area contributed by atoms with E-state index in [-0.39, 0.29) is 24.5 Å². The number of aryl methyl sites for hydroxylation is 1. The van der Waals surface area contributed by atoms with E-state index in [1.807, 2.05) is 19.1 Å². The predicted octanol–water partition coefficient (Wildman–Crippen LogP) is 3.87. The summed E-state index contributed by atoms with van der Waals surface area (Å²) >= 11 is 0. The van der Waals surface area contributed by atoms with E-state index < -0.39 is 29.9 Å². The summed E-state index contributed by atoms with van der Waals surface area (Å²) in [6.07, 6.45) is 2.80. The fraction of sp³-hybridized carbons (Fsp3) is 0.400. The Bertz CT molecular complexity index is 1090. The molecule has 33 heavy (non-hydrogen) atoms. The van der Waals surface area contributed by atoms with Gasteiger partial charge < -0.3 is 15.0 Å². The molecule has 172 valence electrons. The second-order valence-electron chi connectivity index (χ2n) is 9.01. The van der Waals surface area contributed by atoms with Crippen molar-refractivity contribution in [3.63, 3.8) is 0 Å². The molecule has 1 aliphatic carbocycles. The van der Waals surface area contributed by atoms with Crippen LogP contribution in [0.3, 0.4) is 0 Å². The molecule has 2 aromatic carbocycles. The number of fused-ring (bicyclic) bond motifs is 3. The lowest BCUT2D eigenvalue weighted by Gasteiger charge is -2.42. The minimum absolute atomic E-state index is 0.0128. The van der Waals surface area contributed by atoms with Crippen LogP contribution in [0.2, 0.25) is 0 Å². The highest BCUT2D eigenvalue weighted by atomic mass is 19.1. The molecule has 1 saturated carbocycles. The highest BCUT2D eigenvalue weighted by Gasteiger charge is 2.58. The second kappa shape index (κ2) is 8.59. The number of carbonyl (C=O) groups is 3. The lowest BCUT2D eigenvalue weighted by atomic mass is 9.81. The zero-order chi connectivity index (χ0) is 23.1. The van der Waals surface area contributed by atoms with Gasteiger partial charge in [-0.05, 0) is 50.1 Å². The van der Waals surface area contributed by atoms with Crippen molar-refractivity contribution >= 4 is 29.2 Å². The number of nitrogens with zero attached hydrogens (tertiary/aromatic N) is 2. The Hall–Kier alpha value is -3.26. The zero-order valence-corrected chi connectivity index (χ0v) is 18.4. The Balaban J connectivity index is 1.46. The molecular weight excluding hydrogens is 425 g/mol. The van der Waals surface area contributed by atoms with Crippen LogP contribution < -0.4 is 10.2 Å². The van der Waals surface area contributed by atoms with Crippen molar-refractivity contribution in [1.29, 1.82) is 0 Å². The van der Waals surface area contributed by atoms with Crippen LogP contribution in [-0.4, -0.2) is 47.5 Å². The molecule has 4 atom stereocenters. The molecule has 8 heteroatoms. The van der Waals surface area contributed by atoms with Gasteiger partial charge in [0.15, 0.2) is 6.10 Å². The fourth-order valence-corrected chi connectivity index (χ4v) is 5.28. The Kier molecular flexibility index (Phi) is 5.62. The van der Waals surface area contributed by atoms with Crippen LogP contribution >= 0.6 is 0 Å². The highest BCUT2D eigenvalue weighted by molar-refractivity contribution is 6.18. The van der Waals surface area contributed by atoms with Gasteiger partial charge in [0, 0.05) is 11.6 Å². The normalized spacial score (nSPS) is 26.7. The summed E-state index contributed by atoms with van der Waals surface area (Å²) < 4.78 is 19.7. The molecule has 2 heterocycles. The second-order valence-corrected chi connectivity index (χ2v) is 9.01. The van der Waals surface area contributed by atoms with Crippen molar-refractivity contribution in [2.24, 2.45) is 5.92 Å². The topological polar surface area (TPSA) is 79.0 Å². The molecule has 2 aliphatic heterocycles. The maximum atomic E-state index is 13.6. The first-order chi connectivity index (χ1) is 15.9. The van der Waals surface area contributed by atoms with Gasteiger partial charge in [-0.2, -0.15) is 0 Å². The van der Waals surface area contributed by atoms with Crippen LogP contribution in [0.25, 0.3) is 0 Å². The maximum absolute atomic E-state index is 13.6. The van der Waals surface area contributed by atoms with Gasteiger partial charge in [0.05, 0.1) is 17.8 Å². The first kappa shape index (κ1) is 21.6. The smallest absolute Gasteiger partial charge is 0.332 e. The van der Waals surface area contributed by atoms with Gasteiger partial charge in [0.1, 0.15) is 12.4 Å². The minimum atomic E-state index is -0.806. The van der Waals surface area contributed by atoms with Gasteiger partial charge in [0.25, 0.3) is 5.91 Å². The van der Waals surface area contributed by atoms with Crippen molar-refractivity contribution in [2.75, 3.05) is 16.8 Å². The SMILES string of the molecule is Cc1ccc(N2C(=O)C3OC4CCCCC4C3N(CC(=O)Nc3cccc(F)c3)C2=O)cc1. The number of rotatable bonds is 4. The number of anilines is 2. The molecule has 5 rings (SSSR count). The van der Waals surface area contributed by atoms with E-state index >= 15 is 0 Å². The number of benzene rings is 2. The number of hydrogen-bond donors (Lipinski definition) is 1. The average molecular weight is 451 g/mol. The quantitative estimate of drug-likeness (QED) is 0.766. The third-order valence-electron chi connectivity index (χ3n) is 6.80. The molecule has 1 N–H and O–H groups in total. The van der Waals surface area contributed by atoms with Gasteiger partial charge in [-0.1, -0.05) is 36.6 Å². The summed E-state index contributed by atoms with van der Waals surface area (Å²) in [7, 11) is 0. The van der Waals surface area contributed by atoms with E-state index in [1.54, 1.807) is 18.2 Å². The van der Waals surface area contributed by atoms with E-state index in [1.165, 1.54) is 23.1 Å².